The van der Waals surface area contributed by atoms with Gasteiger partial charge in [0.15, 0.2) is 5.82 Å². The highest BCUT2D eigenvalue weighted by Gasteiger charge is 2.15. The first-order valence-electron chi connectivity index (χ1n) is 7.83. The van der Waals surface area contributed by atoms with E-state index in [0.29, 0.717) is 39.5 Å². The monoisotopic (exact) mass is 375 g/mol. The number of hydrogen-bond acceptors (Lipinski definition) is 6. The molecule has 0 aliphatic carbocycles. The van der Waals surface area contributed by atoms with Crippen LogP contribution < -0.4 is 14.8 Å². The zero-order valence-electron chi connectivity index (χ0n) is 14.8. The summed E-state index contributed by atoms with van der Waals surface area (Å²) in [5, 5.41) is 7.63. The summed E-state index contributed by atoms with van der Waals surface area (Å²) in [6.07, 6.45) is -0.00531. The lowest BCUT2D eigenvalue weighted by atomic mass is 10.2. The Labute approximate surface area is 155 Å². The van der Waals surface area contributed by atoms with E-state index in [4.69, 9.17) is 21.1 Å². The second-order valence-corrected chi connectivity index (χ2v) is 6.01. The second-order valence-electron chi connectivity index (χ2n) is 5.63. The van der Waals surface area contributed by atoms with Crippen LogP contribution >= 0.6 is 11.6 Å². The van der Waals surface area contributed by atoms with Crippen LogP contribution in [0.4, 0.5) is 5.69 Å². The van der Waals surface area contributed by atoms with Gasteiger partial charge < -0.3 is 14.8 Å². The van der Waals surface area contributed by atoms with E-state index in [1.807, 2.05) is 6.92 Å². The van der Waals surface area contributed by atoms with E-state index in [2.05, 4.69) is 20.4 Å². The van der Waals surface area contributed by atoms with E-state index in [-0.39, 0.29) is 12.3 Å². The molecule has 1 aromatic carbocycles. The van der Waals surface area contributed by atoms with Gasteiger partial charge in [0.1, 0.15) is 11.5 Å². The van der Waals surface area contributed by atoms with Gasteiger partial charge in [-0.2, -0.15) is 9.50 Å². The number of amides is 1. The van der Waals surface area contributed by atoms with E-state index in [1.54, 1.807) is 32.2 Å². The van der Waals surface area contributed by atoms with Gasteiger partial charge in [0, 0.05) is 6.07 Å². The number of methoxy groups -OCH3 is 2. The average Bonchev–Trinajstić information content (AvgIpc) is 3.02. The molecule has 1 N–H and O–H groups in total. The third-order valence-electron chi connectivity index (χ3n) is 3.86. The van der Waals surface area contributed by atoms with Crippen molar-refractivity contribution in [2.45, 2.75) is 20.3 Å². The maximum Gasteiger partial charge on any atom is 0.252 e. The first-order chi connectivity index (χ1) is 12.4. The standard InChI is InChI=1S/C17H18ClN5O3/c1-9-16(18)10(2)23-17(19-9)21-14(22-23)8-15(24)20-12-6-5-11(25-3)7-13(12)26-4/h5-7H,8H2,1-4H3,(H,20,24). The molecule has 2 aromatic heterocycles. The molecule has 3 aromatic rings. The largest absolute Gasteiger partial charge is 0.497 e. The summed E-state index contributed by atoms with van der Waals surface area (Å²) in [5.74, 6) is 1.63. The Bertz CT molecular complexity index is 986. The Morgan fingerprint density at radius 1 is 1.23 bits per heavy atom. The average molecular weight is 376 g/mol. The molecule has 0 fully saturated rings. The minimum absolute atomic E-state index is 0.00531. The summed E-state index contributed by atoms with van der Waals surface area (Å²) >= 11 is 6.18. The molecular formula is C17H18ClN5O3. The zero-order valence-corrected chi connectivity index (χ0v) is 15.6. The fourth-order valence-corrected chi connectivity index (χ4v) is 2.63. The molecule has 1 amide bonds. The van der Waals surface area contributed by atoms with Crippen LogP contribution in [0.15, 0.2) is 18.2 Å². The maximum absolute atomic E-state index is 12.4. The summed E-state index contributed by atoms with van der Waals surface area (Å²) in [6.45, 7) is 3.62. The number of fused-ring (bicyclic) bond motifs is 1. The first-order valence-corrected chi connectivity index (χ1v) is 8.21. The summed E-state index contributed by atoms with van der Waals surface area (Å²) in [6, 6.07) is 5.14. The van der Waals surface area contributed by atoms with Crippen molar-refractivity contribution in [3.8, 4) is 11.5 Å². The highest BCUT2D eigenvalue weighted by atomic mass is 35.5. The van der Waals surface area contributed by atoms with Crippen LogP contribution in [0.25, 0.3) is 5.78 Å². The van der Waals surface area contributed by atoms with Crippen LogP contribution in [-0.4, -0.2) is 39.7 Å². The van der Waals surface area contributed by atoms with Gasteiger partial charge in [-0.15, -0.1) is 5.10 Å². The Balaban J connectivity index is 1.80. The van der Waals surface area contributed by atoms with E-state index in [0.717, 1.165) is 5.69 Å². The molecule has 8 nitrogen and oxygen atoms in total. The van der Waals surface area contributed by atoms with E-state index in [9.17, 15) is 4.79 Å². The van der Waals surface area contributed by atoms with Crippen LogP contribution in [0.3, 0.4) is 0 Å². The number of rotatable bonds is 5. The van der Waals surface area contributed by atoms with Crippen molar-refractivity contribution in [2.75, 3.05) is 19.5 Å². The number of aromatic nitrogens is 4. The molecular weight excluding hydrogens is 358 g/mol. The van der Waals surface area contributed by atoms with E-state index >= 15 is 0 Å². The lowest BCUT2D eigenvalue weighted by Gasteiger charge is -2.11. The van der Waals surface area contributed by atoms with Gasteiger partial charge in [-0.25, -0.2) is 4.98 Å². The number of anilines is 1. The van der Waals surface area contributed by atoms with Gasteiger partial charge in [0.2, 0.25) is 5.91 Å². The number of nitrogens with one attached hydrogen (secondary N) is 1. The Morgan fingerprint density at radius 3 is 2.69 bits per heavy atom. The van der Waals surface area contributed by atoms with Crippen LogP contribution in [-0.2, 0) is 11.2 Å². The quantitative estimate of drug-likeness (QED) is 0.737. The maximum atomic E-state index is 12.4. The van der Waals surface area contributed by atoms with Crippen LogP contribution in [0.5, 0.6) is 11.5 Å². The first kappa shape index (κ1) is 17.9. The number of carbonyl (C=O) groups is 1. The molecule has 0 aliphatic rings. The number of ether oxygens (including phenoxy) is 2. The van der Waals surface area contributed by atoms with Crippen molar-refractivity contribution in [1.29, 1.82) is 0 Å². The van der Waals surface area contributed by atoms with Crippen molar-refractivity contribution in [1.82, 2.24) is 19.6 Å². The topological polar surface area (TPSA) is 90.6 Å². The van der Waals surface area contributed by atoms with Gasteiger partial charge in [-0.1, -0.05) is 11.6 Å². The minimum Gasteiger partial charge on any atom is -0.497 e. The Morgan fingerprint density at radius 2 is 2.00 bits per heavy atom. The predicted molar refractivity (Wildman–Crippen MR) is 97.1 cm³/mol. The zero-order chi connectivity index (χ0) is 18.8. The lowest BCUT2D eigenvalue weighted by molar-refractivity contribution is -0.115. The number of nitrogens with zero attached hydrogens (tertiary/aromatic N) is 4. The molecule has 0 spiro atoms. The minimum atomic E-state index is -0.273. The van der Waals surface area contributed by atoms with Crippen molar-refractivity contribution in [3.63, 3.8) is 0 Å². The molecule has 136 valence electrons. The van der Waals surface area contributed by atoms with Crippen LogP contribution in [0, 0.1) is 13.8 Å². The Kier molecular flexibility index (Phi) is 4.94. The number of aryl methyl sites for hydroxylation is 2. The SMILES string of the molecule is COc1ccc(NC(=O)Cc2nc3nc(C)c(Cl)c(C)n3n2)c(OC)c1. The number of halogens is 1. The molecule has 0 unspecified atom stereocenters. The molecule has 9 heteroatoms. The summed E-state index contributed by atoms with van der Waals surface area (Å²) < 4.78 is 12.0. The molecule has 0 bridgehead atoms. The molecule has 0 saturated carbocycles. The van der Waals surface area contributed by atoms with Gasteiger partial charge in [0.05, 0.1) is 42.7 Å². The third kappa shape index (κ3) is 3.41. The summed E-state index contributed by atoms with van der Waals surface area (Å²) in [7, 11) is 3.08. The van der Waals surface area contributed by atoms with Crippen molar-refractivity contribution < 1.29 is 14.3 Å². The smallest absolute Gasteiger partial charge is 0.252 e. The normalized spacial score (nSPS) is 10.8. The molecule has 0 saturated heterocycles. The van der Waals surface area contributed by atoms with Crippen LogP contribution in [0.1, 0.15) is 17.2 Å². The molecule has 0 radical (unpaired) electrons. The Hall–Kier alpha value is -2.87. The molecule has 3 rings (SSSR count). The lowest BCUT2D eigenvalue weighted by Crippen LogP contribution is -2.16. The highest BCUT2D eigenvalue weighted by Crippen LogP contribution is 2.29. The van der Waals surface area contributed by atoms with Gasteiger partial charge >= 0.3 is 0 Å². The molecule has 0 atom stereocenters. The highest BCUT2D eigenvalue weighted by molar-refractivity contribution is 6.31. The van der Waals surface area contributed by atoms with Gasteiger partial charge in [-0.05, 0) is 26.0 Å². The molecule has 26 heavy (non-hydrogen) atoms. The molecule has 0 aliphatic heterocycles. The van der Waals surface area contributed by atoms with Gasteiger partial charge in [-0.3, -0.25) is 4.79 Å². The summed E-state index contributed by atoms with van der Waals surface area (Å²) in [5.41, 5.74) is 1.93. The fraction of sp³-hybridized carbons (Fsp3) is 0.294. The number of hydrogen-bond donors (Lipinski definition) is 1. The summed E-state index contributed by atoms with van der Waals surface area (Å²) in [4.78, 5) is 20.9. The second kappa shape index (κ2) is 7.17. The third-order valence-corrected chi connectivity index (χ3v) is 4.40. The van der Waals surface area contributed by atoms with Crippen molar-refractivity contribution >= 4 is 29.0 Å². The molecule has 2 heterocycles. The van der Waals surface area contributed by atoms with E-state index in [1.165, 1.54) is 11.6 Å². The van der Waals surface area contributed by atoms with Crippen molar-refractivity contribution in [2.24, 2.45) is 0 Å². The number of benzene rings is 1. The van der Waals surface area contributed by atoms with Crippen LogP contribution in [0.2, 0.25) is 5.02 Å². The number of carbonyl (C=O) groups excluding carboxylic acids is 1. The predicted octanol–water partition coefficient (Wildman–Crippen LogP) is 2.59. The van der Waals surface area contributed by atoms with E-state index < -0.39 is 0 Å². The van der Waals surface area contributed by atoms with Crippen molar-refractivity contribution in [3.05, 3.63) is 40.4 Å². The fourth-order valence-electron chi connectivity index (χ4n) is 2.51. The van der Waals surface area contributed by atoms with Gasteiger partial charge in [0.25, 0.3) is 5.78 Å².